The van der Waals surface area contributed by atoms with Crippen LogP contribution in [0.3, 0.4) is 0 Å². The van der Waals surface area contributed by atoms with Crippen molar-refractivity contribution in [2.24, 2.45) is 5.73 Å². The average Bonchev–Trinajstić information content (AvgIpc) is 2.92. The van der Waals surface area contributed by atoms with E-state index in [1.165, 1.54) is 17.7 Å². The molecule has 1 aromatic heterocycles. The molecule has 0 aliphatic carbocycles. The van der Waals surface area contributed by atoms with E-state index in [1.54, 1.807) is 10.7 Å². The van der Waals surface area contributed by atoms with Crippen molar-refractivity contribution in [1.82, 2.24) is 15.0 Å². The second-order valence-corrected chi connectivity index (χ2v) is 5.18. The molecule has 112 valence electrons. The SMILES string of the molecule is Cc1ccccc1Cn1nnc(CN)c1-c1cccc(F)c1. The lowest BCUT2D eigenvalue weighted by molar-refractivity contribution is 0.626. The number of hydrogen-bond donors (Lipinski definition) is 1. The Labute approximate surface area is 128 Å². The van der Waals surface area contributed by atoms with Gasteiger partial charge in [-0.15, -0.1) is 5.10 Å². The van der Waals surface area contributed by atoms with Crippen molar-refractivity contribution in [3.8, 4) is 11.3 Å². The lowest BCUT2D eigenvalue weighted by atomic mass is 10.1. The summed E-state index contributed by atoms with van der Waals surface area (Å²) >= 11 is 0. The third kappa shape index (κ3) is 2.76. The summed E-state index contributed by atoms with van der Waals surface area (Å²) in [5.41, 5.74) is 10.2. The van der Waals surface area contributed by atoms with E-state index in [1.807, 2.05) is 18.2 Å². The Morgan fingerprint density at radius 2 is 1.95 bits per heavy atom. The van der Waals surface area contributed by atoms with Gasteiger partial charge < -0.3 is 5.73 Å². The van der Waals surface area contributed by atoms with Crippen molar-refractivity contribution in [2.45, 2.75) is 20.0 Å². The van der Waals surface area contributed by atoms with Crippen LogP contribution in [0.25, 0.3) is 11.3 Å². The number of aromatic nitrogens is 3. The fourth-order valence-electron chi connectivity index (χ4n) is 2.50. The maximum Gasteiger partial charge on any atom is 0.123 e. The Kier molecular flexibility index (Phi) is 3.98. The Balaban J connectivity index is 2.06. The minimum atomic E-state index is -0.288. The number of benzene rings is 2. The minimum absolute atomic E-state index is 0.264. The quantitative estimate of drug-likeness (QED) is 0.805. The monoisotopic (exact) mass is 296 g/mol. The van der Waals surface area contributed by atoms with E-state index < -0.39 is 0 Å². The van der Waals surface area contributed by atoms with Crippen LogP contribution >= 0.6 is 0 Å². The van der Waals surface area contributed by atoms with Crippen LogP contribution in [0.5, 0.6) is 0 Å². The molecule has 0 amide bonds. The van der Waals surface area contributed by atoms with E-state index >= 15 is 0 Å². The van der Waals surface area contributed by atoms with Gasteiger partial charge >= 0.3 is 0 Å². The van der Waals surface area contributed by atoms with E-state index in [9.17, 15) is 4.39 Å². The van der Waals surface area contributed by atoms with Crippen molar-refractivity contribution >= 4 is 0 Å². The maximum atomic E-state index is 13.5. The van der Waals surface area contributed by atoms with Gasteiger partial charge in [0.1, 0.15) is 11.5 Å². The molecule has 0 radical (unpaired) electrons. The van der Waals surface area contributed by atoms with Crippen molar-refractivity contribution in [1.29, 1.82) is 0 Å². The van der Waals surface area contributed by atoms with Gasteiger partial charge in [-0.3, -0.25) is 0 Å². The largest absolute Gasteiger partial charge is 0.325 e. The van der Waals surface area contributed by atoms with Gasteiger partial charge in [0.15, 0.2) is 0 Å². The minimum Gasteiger partial charge on any atom is -0.325 e. The molecule has 3 aromatic rings. The zero-order valence-corrected chi connectivity index (χ0v) is 12.3. The third-order valence-corrected chi connectivity index (χ3v) is 3.68. The summed E-state index contributed by atoms with van der Waals surface area (Å²) in [6, 6.07) is 14.5. The van der Waals surface area contributed by atoms with Gasteiger partial charge in [0.05, 0.1) is 12.2 Å². The molecule has 2 aromatic carbocycles. The summed E-state index contributed by atoms with van der Waals surface area (Å²) in [5.74, 6) is -0.288. The molecule has 0 bridgehead atoms. The van der Waals surface area contributed by atoms with E-state index in [0.29, 0.717) is 12.2 Å². The molecule has 0 saturated carbocycles. The highest BCUT2D eigenvalue weighted by Crippen LogP contribution is 2.24. The highest BCUT2D eigenvalue weighted by atomic mass is 19.1. The smallest absolute Gasteiger partial charge is 0.123 e. The molecular formula is C17H17FN4. The molecule has 3 rings (SSSR count). The summed E-state index contributed by atoms with van der Waals surface area (Å²) in [4.78, 5) is 0. The topological polar surface area (TPSA) is 56.7 Å². The van der Waals surface area contributed by atoms with E-state index in [2.05, 4.69) is 29.4 Å². The maximum absolute atomic E-state index is 13.5. The molecule has 0 aliphatic heterocycles. The Bertz CT molecular complexity index is 795. The molecule has 1 heterocycles. The number of rotatable bonds is 4. The molecule has 0 aliphatic rings. The second kappa shape index (κ2) is 6.07. The molecule has 0 unspecified atom stereocenters. The number of aryl methyl sites for hydroxylation is 1. The van der Waals surface area contributed by atoms with E-state index in [-0.39, 0.29) is 12.4 Å². The van der Waals surface area contributed by atoms with Gasteiger partial charge in [0.2, 0.25) is 0 Å². The number of halogens is 1. The molecule has 22 heavy (non-hydrogen) atoms. The van der Waals surface area contributed by atoms with Gasteiger partial charge in [-0.1, -0.05) is 41.6 Å². The zero-order valence-electron chi connectivity index (χ0n) is 12.3. The van der Waals surface area contributed by atoms with Crippen LogP contribution < -0.4 is 5.73 Å². The highest BCUT2D eigenvalue weighted by molar-refractivity contribution is 5.62. The lowest BCUT2D eigenvalue weighted by Gasteiger charge is -2.10. The molecule has 0 spiro atoms. The van der Waals surface area contributed by atoms with Crippen LogP contribution in [-0.4, -0.2) is 15.0 Å². The van der Waals surface area contributed by atoms with Gasteiger partial charge in [-0.25, -0.2) is 9.07 Å². The summed E-state index contributed by atoms with van der Waals surface area (Å²) in [6.07, 6.45) is 0. The van der Waals surface area contributed by atoms with Crippen LogP contribution in [0, 0.1) is 12.7 Å². The van der Waals surface area contributed by atoms with Crippen molar-refractivity contribution in [3.63, 3.8) is 0 Å². The van der Waals surface area contributed by atoms with Crippen LogP contribution in [0.4, 0.5) is 4.39 Å². The third-order valence-electron chi connectivity index (χ3n) is 3.68. The fraction of sp³-hybridized carbons (Fsp3) is 0.176. The second-order valence-electron chi connectivity index (χ2n) is 5.18. The van der Waals surface area contributed by atoms with E-state index in [4.69, 9.17) is 5.73 Å². The first kappa shape index (κ1) is 14.4. The Morgan fingerprint density at radius 3 is 2.68 bits per heavy atom. The van der Waals surface area contributed by atoms with Gasteiger partial charge in [-0.05, 0) is 30.2 Å². The first-order valence-electron chi connectivity index (χ1n) is 7.12. The van der Waals surface area contributed by atoms with E-state index in [0.717, 1.165) is 16.8 Å². The summed E-state index contributed by atoms with van der Waals surface area (Å²) in [7, 11) is 0. The van der Waals surface area contributed by atoms with Crippen molar-refractivity contribution in [3.05, 3.63) is 71.2 Å². The normalized spacial score (nSPS) is 10.9. The van der Waals surface area contributed by atoms with Gasteiger partial charge in [0.25, 0.3) is 0 Å². The molecule has 2 N–H and O–H groups in total. The summed E-state index contributed by atoms with van der Waals surface area (Å²) in [6.45, 7) is 2.89. The van der Waals surface area contributed by atoms with Gasteiger partial charge in [0, 0.05) is 12.1 Å². The average molecular weight is 296 g/mol. The Hall–Kier alpha value is -2.53. The highest BCUT2D eigenvalue weighted by Gasteiger charge is 2.15. The van der Waals surface area contributed by atoms with Crippen molar-refractivity contribution < 1.29 is 4.39 Å². The first-order chi connectivity index (χ1) is 10.7. The number of hydrogen-bond acceptors (Lipinski definition) is 3. The summed E-state index contributed by atoms with van der Waals surface area (Å²) in [5, 5.41) is 8.33. The number of nitrogens with zero attached hydrogens (tertiary/aromatic N) is 3. The molecule has 5 heteroatoms. The van der Waals surface area contributed by atoms with Crippen LogP contribution in [0.2, 0.25) is 0 Å². The van der Waals surface area contributed by atoms with Crippen molar-refractivity contribution in [2.75, 3.05) is 0 Å². The standard InChI is InChI=1S/C17H17FN4/c1-12-5-2-3-6-14(12)11-22-17(16(10-19)20-21-22)13-7-4-8-15(18)9-13/h2-9H,10-11,19H2,1H3. The molecule has 0 saturated heterocycles. The predicted molar refractivity (Wildman–Crippen MR) is 83.6 cm³/mol. The fourth-order valence-corrected chi connectivity index (χ4v) is 2.50. The van der Waals surface area contributed by atoms with Crippen LogP contribution in [0.1, 0.15) is 16.8 Å². The Morgan fingerprint density at radius 1 is 1.14 bits per heavy atom. The molecule has 0 fully saturated rings. The molecule has 4 nitrogen and oxygen atoms in total. The zero-order chi connectivity index (χ0) is 15.5. The lowest BCUT2D eigenvalue weighted by Crippen LogP contribution is -2.07. The first-order valence-corrected chi connectivity index (χ1v) is 7.12. The molecule has 0 atom stereocenters. The van der Waals surface area contributed by atoms with Gasteiger partial charge in [-0.2, -0.15) is 0 Å². The number of nitrogens with two attached hydrogens (primary N) is 1. The van der Waals surface area contributed by atoms with Crippen LogP contribution in [-0.2, 0) is 13.1 Å². The van der Waals surface area contributed by atoms with Crippen LogP contribution in [0.15, 0.2) is 48.5 Å². The predicted octanol–water partition coefficient (Wildman–Crippen LogP) is 2.90. The summed E-state index contributed by atoms with van der Waals surface area (Å²) < 4.78 is 15.3. The molecular weight excluding hydrogens is 279 g/mol.